The first-order chi connectivity index (χ1) is 12.4. The molecule has 0 radical (unpaired) electrons. The first-order valence-corrected chi connectivity index (χ1v) is 9.65. The lowest BCUT2D eigenvalue weighted by molar-refractivity contribution is 0.447. The van der Waals surface area contributed by atoms with E-state index in [9.17, 15) is 0 Å². The average molecular weight is 369 g/mol. The highest BCUT2D eigenvalue weighted by atomic mass is 32.2. The summed E-state index contributed by atoms with van der Waals surface area (Å²) in [5.74, 6) is 1.66. The van der Waals surface area contributed by atoms with Crippen LogP contribution in [0, 0.1) is 0 Å². The molecule has 2 rings (SSSR count). The molecular weight excluding hydrogens is 340 g/mol. The lowest BCUT2D eigenvalue weighted by Gasteiger charge is -2.27. The van der Waals surface area contributed by atoms with E-state index in [1.54, 1.807) is 25.1 Å². The number of aliphatic imine (C=N–C) groups is 1. The van der Waals surface area contributed by atoms with Crippen molar-refractivity contribution in [1.82, 2.24) is 4.90 Å². The van der Waals surface area contributed by atoms with Gasteiger partial charge in [-0.15, -0.1) is 6.58 Å². The molecule has 0 aliphatic rings. The number of hydrogen-bond acceptors (Lipinski definition) is 3. The Labute approximate surface area is 161 Å². The number of hydrogen-bond donors (Lipinski definition) is 0. The molecule has 0 unspecified atom stereocenters. The number of benzene rings is 1. The molecule has 2 aromatic rings. The van der Waals surface area contributed by atoms with Crippen molar-refractivity contribution in [1.29, 1.82) is 0 Å². The summed E-state index contributed by atoms with van der Waals surface area (Å²) in [5, 5.41) is 0.895. The zero-order valence-electron chi connectivity index (χ0n) is 16.2. The van der Waals surface area contributed by atoms with Gasteiger partial charge in [-0.05, 0) is 28.7 Å². The smallest absolute Gasteiger partial charge is 0.164 e. The van der Waals surface area contributed by atoms with Gasteiger partial charge in [0, 0.05) is 18.5 Å². The molecule has 26 heavy (non-hydrogen) atoms. The molecule has 0 aliphatic carbocycles. The van der Waals surface area contributed by atoms with Gasteiger partial charge in [0.1, 0.15) is 5.76 Å². The van der Waals surface area contributed by atoms with Crippen molar-refractivity contribution in [2.24, 2.45) is 4.99 Å². The van der Waals surface area contributed by atoms with Crippen LogP contribution in [0.25, 0.3) is 5.70 Å². The third-order valence-corrected chi connectivity index (χ3v) is 5.12. The molecule has 1 aromatic carbocycles. The summed E-state index contributed by atoms with van der Waals surface area (Å²) < 4.78 is 5.55. The molecule has 0 N–H and O–H groups in total. The summed E-state index contributed by atoms with van der Waals surface area (Å²) in [6, 6.07) is 12.5. The number of amidine groups is 1. The topological polar surface area (TPSA) is 28.7 Å². The van der Waals surface area contributed by atoms with Gasteiger partial charge in [0.2, 0.25) is 0 Å². The van der Waals surface area contributed by atoms with E-state index in [1.165, 1.54) is 5.56 Å². The lowest BCUT2D eigenvalue weighted by Crippen LogP contribution is -2.26. The second-order valence-electron chi connectivity index (χ2n) is 7.05. The first-order valence-electron chi connectivity index (χ1n) is 8.67. The maximum absolute atomic E-state index is 5.55. The average Bonchev–Trinajstić information content (AvgIpc) is 3.13. The summed E-state index contributed by atoms with van der Waals surface area (Å²) in [6.07, 6.45) is 3.57. The number of furan rings is 1. The van der Waals surface area contributed by atoms with Crippen molar-refractivity contribution in [3.05, 3.63) is 78.8 Å². The number of nitrogens with zero attached hydrogens (tertiary/aromatic N) is 2. The van der Waals surface area contributed by atoms with E-state index in [4.69, 9.17) is 4.42 Å². The van der Waals surface area contributed by atoms with Gasteiger partial charge in [-0.3, -0.25) is 4.99 Å². The minimum Gasteiger partial charge on any atom is -0.467 e. The molecular formula is C22H28N2OS. The van der Waals surface area contributed by atoms with E-state index in [0.29, 0.717) is 6.54 Å². The molecule has 0 spiro atoms. The van der Waals surface area contributed by atoms with E-state index in [-0.39, 0.29) is 5.41 Å². The molecule has 0 atom stereocenters. The minimum atomic E-state index is 0.129. The third-order valence-electron chi connectivity index (χ3n) is 4.06. The van der Waals surface area contributed by atoms with Crippen LogP contribution in [0.2, 0.25) is 0 Å². The van der Waals surface area contributed by atoms with Crippen LogP contribution < -0.4 is 0 Å². The fraction of sp³-hybridized carbons (Fsp3) is 0.318. The van der Waals surface area contributed by atoms with Crippen LogP contribution in [0.4, 0.5) is 0 Å². The van der Waals surface area contributed by atoms with Crippen LogP contribution in [-0.4, -0.2) is 22.9 Å². The highest BCUT2D eigenvalue weighted by Gasteiger charge is 2.19. The quantitative estimate of drug-likeness (QED) is 0.358. The Hall–Kier alpha value is -2.20. The largest absolute Gasteiger partial charge is 0.467 e. The first kappa shape index (κ1) is 20.1. The molecule has 0 fully saturated rings. The molecule has 0 bridgehead atoms. The Morgan fingerprint density at radius 3 is 2.42 bits per heavy atom. The van der Waals surface area contributed by atoms with Gasteiger partial charge in [-0.2, -0.15) is 0 Å². The monoisotopic (exact) mass is 368 g/mol. The summed E-state index contributed by atoms with van der Waals surface area (Å²) in [6.45, 7) is 15.4. The van der Waals surface area contributed by atoms with E-state index in [2.05, 4.69) is 68.1 Å². The highest BCUT2D eigenvalue weighted by Crippen LogP contribution is 2.28. The van der Waals surface area contributed by atoms with Gasteiger partial charge in [-0.25, -0.2) is 0 Å². The molecule has 138 valence electrons. The van der Waals surface area contributed by atoms with Crippen molar-refractivity contribution >= 4 is 22.6 Å². The maximum atomic E-state index is 5.55. The van der Waals surface area contributed by atoms with E-state index in [1.807, 2.05) is 18.2 Å². The van der Waals surface area contributed by atoms with E-state index >= 15 is 0 Å². The van der Waals surface area contributed by atoms with Crippen molar-refractivity contribution in [2.45, 2.75) is 32.7 Å². The number of thioether (sulfide) groups is 1. The van der Waals surface area contributed by atoms with Gasteiger partial charge in [0.15, 0.2) is 5.17 Å². The molecule has 0 saturated heterocycles. The van der Waals surface area contributed by atoms with Gasteiger partial charge < -0.3 is 9.32 Å². The Balaban J connectivity index is 2.30. The molecule has 1 aromatic heterocycles. The van der Waals surface area contributed by atoms with Gasteiger partial charge in [-0.1, -0.05) is 69.5 Å². The van der Waals surface area contributed by atoms with Crippen LogP contribution in [0.15, 0.2) is 71.3 Å². The molecule has 0 aliphatic heterocycles. The van der Waals surface area contributed by atoms with Crippen LogP contribution in [0.3, 0.4) is 0 Å². The van der Waals surface area contributed by atoms with Crippen molar-refractivity contribution in [3.8, 4) is 0 Å². The van der Waals surface area contributed by atoms with E-state index < -0.39 is 0 Å². The fourth-order valence-corrected chi connectivity index (χ4v) is 3.28. The minimum absolute atomic E-state index is 0.129. The summed E-state index contributed by atoms with van der Waals surface area (Å²) in [7, 11) is 1.80. The zero-order chi connectivity index (χ0) is 19.2. The molecule has 3 nitrogen and oxygen atoms in total. The summed E-state index contributed by atoms with van der Waals surface area (Å²) >= 11 is 1.64. The van der Waals surface area contributed by atoms with Crippen LogP contribution in [0.5, 0.6) is 0 Å². The maximum Gasteiger partial charge on any atom is 0.164 e. The second-order valence-corrected chi connectivity index (χ2v) is 8.03. The molecule has 1 heterocycles. The normalized spacial score (nSPS) is 12.1. The van der Waals surface area contributed by atoms with Gasteiger partial charge in [0.05, 0.1) is 12.8 Å². The SMILES string of the molecule is C=CCSC(=NC)N(Cc1ccco1)C(=C)c1ccc(C(C)(C)C)cc1. The third kappa shape index (κ3) is 5.15. The predicted octanol–water partition coefficient (Wildman–Crippen LogP) is 5.96. The fourth-order valence-electron chi connectivity index (χ4n) is 2.55. The van der Waals surface area contributed by atoms with E-state index in [0.717, 1.165) is 27.9 Å². The lowest BCUT2D eigenvalue weighted by atomic mass is 9.86. The Bertz CT molecular complexity index is 752. The Kier molecular flexibility index (Phi) is 6.92. The standard InChI is InChI=1S/C22H28N2OS/c1-7-15-26-21(23-6)24(16-20-9-8-14-25-20)17(2)18-10-12-19(13-11-18)22(3,4)5/h7-14H,1-2,15-16H2,3-6H3. The summed E-state index contributed by atoms with van der Waals surface area (Å²) in [5.41, 5.74) is 3.41. The predicted molar refractivity (Wildman–Crippen MR) is 114 cm³/mol. The summed E-state index contributed by atoms with van der Waals surface area (Å²) in [4.78, 5) is 6.56. The molecule has 4 heteroatoms. The Morgan fingerprint density at radius 2 is 1.92 bits per heavy atom. The second kappa shape index (κ2) is 8.95. The van der Waals surface area contributed by atoms with Gasteiger partial charge >= 0.3 is 0 Å². The molecule has 0 amide bonds. The zero-order valence-corrected chi connectivity index (χ0v) is 17.0. The molecule has 0 saturated carbocycles. The Morgan fingerprint density at radius 1 is 1.23 bits per heavy atom. The van der Waals surface area contributed by atoms with Crippen molar-refractivity contribution in [2.75, 3.05) is 12.8 Å². The van der Waals surface area contributed by atoms with Gasteiger partial charge in [0.25, 0.3) is 0 Å². The highest BCUT2D eigenvalue weighted by molar-refractivity contribution is 8.13. The van der Waals surface area contributed by atoms with Crippen LogP contribution in [0.1, 0.15) is 37.7 Å². The van der Waals surface area contributed by atoms with Crippen LogP contribution >= 0.6 is 11.8 Å². The van der Waals surface area contributed by atoms with Crippen molar-refractivity contribution < 1.29 is 4.42 Å². The number of rotatable bonds is 6. The van der Waals surface area contributed by atoms with Crippen molar-refractivity contribution in [3.63, 3.8) is 0 Å². The van der Waals surface area contributed by atoms with Crippen LogP contribution in [-0.2, 0) is 12.0 Å².